The number of furan rings is 1. The van der Waals surface area contributed by atoms with Gasteiger partial charge < -0.3 is 9.73 Å². The molecule has 0 aliphatic carbocycles. The van der Waals surface area contributed by atoms with Crippen LogP contribution in [-0.2, 0) is 6.42 Å². The molecule has 2 nitrogen and oxygen atoms in total. The number of nitrogens with one attached hydrogen (secondary N) is 1. The van der Waals surface area contributed by atoms with E-state index in [1.165, 1.54) is 11.3 Å². The highest BCUT2D eigenvalue weighted by molar-refractivity contribution is 6.34. The first-order chi connectivity index (χ1) is 9.81. The van der Waals surface area contributed by atoms with Gasteiger partial charge in [-0.15, -0.1) is 0 Å². The number of aryl methyl sites for hydroxylation is 1. The first-order valence-corrected chi connectivity index (χ1v) is 7.21. The van der Waals surface area contributed by atoms with Crippen molar-refractivity contribution >= 4 is 28.3 Å². The fraction of sp³-hybridized carbons (Fsp3) is 0.176. The van der Waals surface area contributed by atoms with Crippen molar-refractivity contribution in [3.8, 4) is 0 Å². The van der Waals surface area contributed by atoms with E-state index < -0.39 is 0 Å². The number of anilines is 1. The third-order valence-corrected chi connectivity index (χ3v) is 4.21. The molecule has 1 unspecified atom stereocenters. The average molecular weight is 284 g/mol. The number of hydrogen-bond acceptors (Lipinski definition) is 2. The lowest BCUT2D eigenvalue weighted by molar-refractivity contribution is 0.489. The van der Waals surface area contributed by atoms with Gasteiger partial charge in [0.05, 0.1) is 11.1 Å². The molecule has 0 fully saturated rings. The molecule has 1 atom stereocenters. The van der Waals surface area contributed by atoms with Crippen LogP contribution in [0.25, 0.3) is 11.0 Å². The van der Waals surface area contributed by atoms with Crippen LogP contribution in [0.2, 0.25) is 5.02 Å². The monoisotopic (exact) mass is 283 g/mol. The van der Waals surface area contributed by atoms with E-state index in [2.05, 4.69) is 35.6 Å². The molecule has 2 heterocycles. The maximum absolute atomic E-state index is 6.18. The highest BCUT2D eigenvalue weighted by Gasteiger charge is 2.22. The zero-order valence-corrected chi connectivity index (χ0v) is 11.7. The quantitative estimate of drug-likeness (QED) is 0.665. The van der Waals surface area contributed by atoms with Gasteiger partial charge >= 0.3 is 0 Å². The minimum Gasteiger partial charge on any atom is -0.457 e. The van der Waals surface area contributed by atoms with E-state index in [1.54, 1.807) is 0 Å². The van der Waals surface area contributed by atoms with Crippen molar-refractivity contribution in [3.05, 3.63) is 64.9 Å². The standard InChI is InChI=1S/C17H14ClNO/c18-13-6-3-5-12-10-16(20-17(12)13)15-9-8-11-4-1-2-7-14(11)19-15/h1-7,10,15,19H,8-9H2. The summed E-state index contributed by atoms with van der Waals surface area (Å²) in [6.45, 7) is 0. The van der Waals surface area contributed by atoms with Gasteiger partial charge in [0.15, 0.2) is 5.58 Å². The van der Waals surface area contributed by atoms with Gasteiger partial charge in [-0.3, -0.25) is 0 Å². The minimum absolute atomic E-state index is 0.216. The van der Waals surface area contributed by atoms with Crippen LogP contribution in [0.15, 0.2) is 52.9 Å². The lowest BCUT2D eigenvalue weighted by atomic mass is 9.97. The van der Waals surface area contributed by atoms with Crippen molar-refractivity contribution in [2.45, 2.75) is 18.9 Å². The van der Waals surface area contributed by atoms with Crippen molar-refractivity contribution in [1.82, 2.24) is 0 Å². The van der Waals surface area contributed by atoms with Crippen LogP contribution in [0.5, 0.6) is 0 Å². The fourth-order valence-corrected chi connectivity index (χ4v) is 3.09. The summed E-state index contributed by atoms with van der Waals surface area (Å²) in [5.41, 5.74) is 3.36. The summed E-state index contributed by atoms with van der Waals surface area (Å²) >= 11 is 6.18. The highest BCUT2D eigenvalue weighted by atomic mass is 35.5. The first kappa shape index (κ1) is 11.9. The third kappa shape index (κ3) is 1.88. The molecule has 0 saturated carbocycles. The molecule has 0 bridgehead atoms. The number of benzene rings is 2. The molecular weight excluding hydrogens is 270 g/mol. The van der Waals surface area contributed by atoms with Gasteiger partial charge in [0.2, 0.25) is 0 Å². The van der Waals surface area contributed by atoms with E-state index in [9.17, 15) is 0 Å². The van der Waals surface area contributed by atoms with Crippen LogP contribution < -0.4 is 5.32 Å². The molecule has 0 saturated heterocycles. The van der Waals surface area contributed by atoms with Crippen LogP contribution >= 0.6 is 11.6 Å². The van der Waals surface area contributed by atoms with Crippen LogP contribution in [0, 0.1) is 0 Å². The largest absolute Gasteiger partial charge is 0.457 e. The van der Waals surface area contributed by atoms with Crippen molar-refractivity contribution in [3.63, 3.8) is 0 Å². The molecular formula is C17H14ClNO. The van der Waals surface area contributed by atoms with Crippen molar-refractivity contribution in [2.75, 3.05) is 5.32 Å². The van der Waals surface area contributed by atoms with E-state index in [0.717, 1.165) is 29.6 Å². The number of para-hydroxylation sites is 2. The van der Waals surface area contributed by atoms with Gasteiger partial charge in [-0.05, 0) is 36.6 Å². The van der Waals surface area contributed by atoms with Gasteiger partial charge in [0.25, 0.3) is 0 Å². The Morgan fingerprint density at radius 1 is 1.10 bits per heavy atom. The summed E-state index contributed by atoms with van der Waals surface area (Å²) in [6, 6.07) is 16.6. The molecule has 20 heavy (non-hydrogen) atoms. The van der Waals surface area contributed by atoms with Crippen molar-refractivity contribution < 1.29 is 4.42 Å². The molecule has 1 aromatic heterocycles. The summed E-state index contributed by atoms with van der Waals surface area (Å²) in [4.78, 5) is 0. The molecule has 3 heteroatoms. The summed E-state index contributed by atoms with van der Waals surface area (Å²) < 4.78 is 5.96. The lowest BCUT2D eigenvalue weighted by Gasteiger charge is -2.25. The summed E-state index contributed by atoms with van der Waals surface area (Å²) in [5, 5.41) is 5.29. The number of halogens is 1. The summed E-state index contributed by atoms with van der Waals surface area (Å²) in [7, 11) is 0. The second kappa shape index (κ2) is 4.57. The Morgan fingerprint density at radius 2 is 2.00 bits per heavy atom. The van der Waals surface area contributed by atoms with E-state index in [-0.39, 0.29) is 6.04 Å². The van der Waals surface area contributed by atoms with E-state index in [1.807, 2.05) is 18.2 Å². The molecule has 0 radical (unpaired) electrons. The Morgan fingerprint density at radius 3 is 2.90 bits per heavy atom. The van der Waals surface area contributed by atoms with Gasteiger partial charge in [-0.25, -0.2) is 0 Å². The minimum atomic E-state index is 0.216. The van der Waals surface area contributed by atoms with Crippen LogP contribution in [0.4, 0.5) is 5.69 Å². The lowest BCUT2D eigenvalue weighted by Crippen LogP contribution is -2.17. The van der Waals surface area contributed by atoms with Crippen molar-refractivity contribution in [1.29, 1.82) is 0 Å². The Hall–Kier alpha value is -1.93. The Labute approximate surface area is 122 Å². The van der Waals surface area contributed by atoms with Gasteiger partial charge in [-0.1, -0.05) is 41.9 Å². The maximum atomic E-state index is 6.18. The predicted molar refractivity (Wildman–Crippen MR) is 82.4 cm³/mol. The molecule has 1 aliphatic heterocycles. The molecule has 0 spiro atoms. The van der Waals surface area contributed by atoms with Gasteiger partial charge in [0, 0.05) is 11.1 Å². The topological polar surface area (TPSA) is 25.2 Å². The summed E-state index contributed by atoms with van der Waals surface area (Å²) in [6.07, 6.45) is 2.10. The SMILES string of the molecule is Clc1cccc2cc(C3CCc4ccccc4N3)oc12. The fourth-order valence-electron chi connectivity index (χ4n) is 2.87. The zero-order valence-electron chi connectivity index (χ0n) is 10.9. The number of fused-ring (bicyclic) bond motifs is 2. The molecule has 3 aromatic rings. The van der Waals surface area contributed by atoms with E-state index in [4.69, 9.17) is 16.0 Å². The van der Waals surface area contributed by atoms with Gasteiger partial charge in [-0.2, -0.15) is 0 Å². The molecule has 2 aromatic carbocycles. The van der Waals surface area contributed by atoms with Gasteiger partial charge in [0.1, 0.15) is 5.76 Å². The Balaban J connectivity index is 1.72. The second-order valence-electron chi connectivity index (χ2n) is 5.20. The van der Waals surface area contributed by atoms with Crippen LogP contribution in [0.3, 0.4) is 0 Å². The second-order valence-corrected chi connectivity index (χ2v) is 5.61. The molecule has 0 amide bonds. The Kier molecular flexibility index (Phi) is 2.71. The van der Waals surface area contributed by atoms with Crippen LogP contribution in [-0.4, -0.2) is 0 Å². The molecule has 100 valence electrons. The smallest absolute Gasteiger partial charge is 0.152 e. The van der Waals surface area contributed by atoms with Crippen LogP contribution in [0.1, 0.15) is 23.8 Å². The van der Waals surface area contributed by atoms with E-state index in [0.29, 0.717) is 5.02 Å². The average Bonchev–Trinajstić information content (AvgIpc) is 2.92. The first-order valence-electron chi connectivity index (χ1n) is 6.84. The molecule has 1 N–H and O–H groups in total. The normalized spacial score (nSPS) is 17.8. The zero-order chi connectivity index (χ0) is 13.5. The number of rotatable bonds is 1. The predicted octanol–water partition coefficient (Wildman–Crippen LogP) is 5.19. The number of hydrogen-bond donors (Lipinski definition) is 1. The molecule has 4 rings (SSSR count). The third-order valence-electron chi connectivity index (χ3n) is 3.91. The highest BCUT2D eigenvalue weighted by Crippen LogP contribution is 2.36. The van der Waals surface area contributed by atoms with Crippen molar-refractivity contribution in [2.24, 2.45) is 0 Å². The maximum Gasteiger partial charge on any atom is 0.152 e. The van der Waals surface area contributed by atoms with E-state index >= 15 is 0 Å². The molecule has 1 aliphatic rings. The summed E-state index contributed by atoms with van der Waals surface area (Å²) in [5.74, 6) is 0.961. The Bertz CT molecular complexity index is 778.